The van der Waals surface area contributed by atoms with E-state index in [1.807, 2.05) is 0 Å². The van der Waals surface area contributed by atoms with Crippen LogP contribution in [0.15, 0.2) is 12.1 Å². The zero-order valence-corrected chi connectivity index (χ0v) is 10.8. The number of ether oxygens (including phenoxy) is 2. The number of anilines is 1. The van der Waals surface area contributed by atoms with E-state index in [-0.39, 0.29) is 24.5 Å². The van der Waals surface area contributed by atoms with Gasteiger partial charge in [0.15, 0.2) is 0 Å². The molecule has 0 radical (unpaired) electrons. The summed E-state index contributed by atoms with van der Waals surface area (Å²) in [7, 11) is 2.52. The molecule has 1 aromatic carbocycles. The molecule has 0 aromatic heterocycles. The molecule has 0 aliphatic carbocycles. The summed E-state index contributed by atoms with van der Waals surface area (Å²) >= 11 is 0. The van der Waals surface area contributed by atoms with Gasteiger partial charge in [-0.15, -0.1) is 0 Å². The van der Waals surface area contributed by atoms with Crippen LogP contribution in [0.3, 0.4) is 0 Å². The summed E-state index contributed by atoms with van der Waals surface area (Å²) in [4.78, 5) is 11.4. The van der Waals surface area contributed by atoms with Crippen molar-refractivity contribution in [2.75, 3.05) is 26.1 Å². The van der Waals surface area contributed by atoms with E-state index < -0.39 is 23.5 Å². The highest BCUT2D eigenvalue weighted by Crippen LogP contribution is 2.37. The minimum atomic E-state index is -4.84. The quantitative estimate of drug-likeness (QED) is 0.850. The number of carbonyl (C=O) groups excluding carboxylic acids is 1. The first-order chi connectivity index (χ1) is 9.29. The Morgan fingerprint density at radius 2 is 1.95 bits per heavy atom. The second-order valence-corrected chi connectivity index (χ2v) is 3.82. The Labute approximate surface area is 112 Å². The van der Waals surface area contributed by atoms with Crippen LogP contribution in [-0.2, 0) is 15.7 Å². The highest BCUT2D eigenvalue weighted by molar-refractivity contribution is 5.92. The van der Waals surface area contributed by atoms with Gasteiger partial charge in [0, 0.05) is 13.2 Å². The van der Waals surface area contributed by atoms with E-state index in [2.05, 4.69) is 10.1 Å². The molecule has 0 unspecified atom stereocenters. The van der Waals surface area contributed by atoms with Crippen LogP contribution < -0.4 is 10.1 Å². The van der Waals surface area contributed by atoms with Gasteiger partial charge < -0.3 is 14.8 Å². The largest absolute Gasteiger partial charge is 0.495 e. The predicted octanol–water partition coefficient (Wildman–Crippen LogP) is 2.83. The fourth-order valence-corrected chi connectivity index (χ4v) is 1.44. The van der Waals surface area contributed by atoms with Crippen LogP contribution in [0.2, 0.25) is 0 Å². The van der Waals surface area contributed by atoms with Crippen LogP contribution in [0.25, 0.3) is 0 Å². The first kappa shape index (κ1) is 16.2. The average Bonchev–Trinajstić information content (AvgIpc) is 2.35. The standard InChI is InChI=1S/C12H13F4NO3/c1-19-4-3-11(18)17-9-6-8(13)7(12(14,15)16)5-10(9)20-2/h5-6H,3-4H2,1-2H3,(H,17,18). The van der Waals surface area contributed by atoms with E-state index in [1.54, 1.807) is 0 Å². The van der Waals surface area contributed by atoms with Crippen LogP contribution in [-0.4, -0.2) is 26.7 Å². The van der Waals surface area contributed by atoms with Gasteiger partial charge in [0.1, 0.15) is 11.6 Å². The summed E-state index contributed by atoms with van der Waals surface area (Å²) in [5.74, 6) is -2.28. The van der Waals surface area contributed by atoms with Crippen molar-refractivity contribution in [1.82, 2.24) is 0 Å². The van der Waals surface area contributed by atoms with Gasteiger partial charge >= 0.3 is 6.18 Å². The van der Waals surface area contributed by atoms with E-state index >= 15 is 0 Å². The molecule has 0 atom stereocenters. The van der Waals surface area contributed by atoms with Gasteiger partial charge in [0.05, 0.1) is 31.4 Å². The van der Waals surface area contributed by atoms with Gasteiger partial charge in [-0.2, -0.15) is 13.2 Å². The summed E-state index contributed by atoms with van der Waals surface area (Å²) in [5, 5.41) is 2.26. The molecule has 0 aliphatic rings. The number of halogens is 4. The van der Waals surface area contributed by atoms with Crippen molar-refractivity contribution >= 4 is 11.6 Å². The first-order valence-electron chi connectivity index (χ1n) is 5.53. The number of amides is 1. The number of carbonyl (C=O) groups is 1. The normalized spacial score (nSPS) is 11.3. The van der Waals surface area contributed by atoms with Crippen molar-refractivity contribution < 1.29 is 31.8 Å². The molecule has 1 aromatic rings. The fourth-order valence-electron chi connectivity index (χ4n) is 1.44. The van der Waals surface area contributed by atoms with Gasteiger partial charge in [0.25, 0.3) is 0 Å². The molecule has 112 valence electrons. The number of methoxy groups -OCH3 is 2. The van der Waals surface area contributed by atoms with E-state index in [4.69, 9.17) is 4.74 Å². The Morgan fingerprint density at radius 3 is 2.45 bits per heavy atom. The molecule has 8 heteroatoms. The summed E-state index contributed by atoms with van der Waals surface area (Å²) in [6.45, 7) is 0.136. The summed E-state index contributed by atoms with van der Waals surface area (Å²) in [6, 6.07) is 1.08. The summed E-state index contributed by atoms with van der Waals surface area (Å²) < 4.78 is 60.4. The maximum atomic E-state index is 13.4. The van der Waals surface area contributed by atoms with Gasteiger partial charge in [-0.3, -0.25) is 4.79 Å². The van der Waals surface area contributed by atoms with Crippen LogP contribution in [0, 0.1) is 5.82 Å². The van der Waals surface area contributed by atoms with Crippen LogP contribution >= 0.6 is 0 Å². The lowest BCUT2D eigenvalue weighted by molar-refractivity contribution is -0.140. The zero-order valence-electron chi connectivity index (χ0n) is 10.8. The van der Waals surface area contributed by atoms with E-state index in [0.29, 0.717) is 12.1 Å². The molecule has 0 saturated heterocycles. The number of nitrogens with one attached hydrogen (secondary N) is 1. The molecule has 1 amide bonds. The summed E-state index contributed by atoms with van der Waals surface area (Å²) in [5.41, 5.74) is -1.62. The van der Waals surface area contributed by atoms with Crippen LogP contribution in [0.4, 0.5) is 23.2 Å². The van der Waals surface area contributed by atoms with Gasteiger partial charge in [0.2, 0.25) is 5.91 Å². The van der Waals surface area contributed by atoms with Gasteiger partial charge in [-0.25, -0.2) is 4.39 Å². The van der Waals surface area contributed by atoms with E-state index in [9.17, 15) is 22.4 Å². The Morgan fingerprint density at radius 1 is 1.30 bits per heavy atom. The Hall–Kier alpha value is -1.83. The molecule has 0 saturated carbocycles. The maximum absolute atomic E-state index is 13.4. The number of hydrogen-bond acceptors (Lipinski definition) is 3. The third-order valence-corrected chi connectivity index (χ3v) is 2.40. The van der Waals surface area contributed by atoms with Crippen molar-refractivity contribution in [3.63, 3.8) is 0 Å². The second kappa shape index (κ2) is 6.56. The number of hydrogen-bond donors (Lipinski definition) is 1. The average molecular weight is 295 g/mol. The van der Waals surface area contributed by atoms with Crippen LogP contribution in [0.5, 0.6) is 5.75 Å². The Bertz CT molecular complexity index is 488. The molecule has 0 aliphatic heterocycles. The predicted molar refractivity (Wildman–Crippen MR) is 63.1 cm³/mol. The molecule has 0 heterocycles. The van der Waals surface area contributed by atoms with E-state index in [1.165, 1.54) is 7.11 Å². The molecule has 4 nitrogen and oxygen atoms in total. The molecule has 1 rings (SSSR count). The third kappa shape index (κ3) is 4.09. The highest BCUT2D eigenvalue weighted by atomic mass is 19.4. The fraction of sp³-hybridized carbons (Fsp3) is 0.417. The maximum Gasteiger partial charge on any atom is 0.419 e. The molecule has 0 spiro atoms. The first-order valence-corrected chi connectivity index (χ1v) is 5.53. The van der Waals surface area contributed by atoms with Crippen molar-refractivity contribution in [2.24, 2.45) is 0 Å². The molecule has 1 N–H and O–H groups in total. The molecular formula is C12H13F4NO3. The van der Waals surface area contributed by atoms with Gasteiger partial charge in [-0.1, -0.05) is 0 Å². The van der Waals surface area contributed by atoms with Crippen molar-refractivity contribution in [1.29, 1.82) is 0 Å². The SMILES string of the molecule is COCCC(=O)Nc1cc(F)c(C(F)(F)F)cc1OC. The van der Waals surface area contributed by atoms with Crippen molar-refractivity contribution in [3.05, 3.63) is 23.5 Å². The molecule has 0 bridgehead atoms. The molecular weight excluding hydrogens is 282 g/mol. The Kier molecular flexibility index (Phi) is 5.32. The third-order valence-electron chi connectivity index (χ3n) is 2.40. The van der Waals surface area contributed by atoms with Crippen molar-refractivity contribution in [3.8, 4) is 5.75 Å². The summed E-state index contributed by atoms with van der Waals surface area (Å²) in [6.07, 6.45) is -4.85. The minimum absolute atomic E-state index is 0.0116. The van der Waals surface area contributed by atoms with Gasteiger partial charge in [-0.05, 0) is 6.07 Å². The smallest absolute Gasteiger partial charge is 0.419 e. The molecule has 0 fully saturated rings. The number of rotatable bonds is 5. The lowest BCUT2D eigenvalue weighted by Gasteiger charge is -2.14. The second-order valence-electron chi connectivity index (χ2n) is 3.82. The zero-order chi connectivity index (χ0) is 15.3. The molecule has 20 heavy (non-hydrogen) atoms. The number of alkyl halides is 3. The van der Waals surface area contributed by atoms with Crippen molar-refractivity contribution in [2.45, 2.75) is 12.6 Å². The highest BCUT2D eigenvalue weighted by Gasteiger charge is 2.35. The Balaban J connectivity index is 3.03. The topological polar surface area (TPSA) is 47.6 Å². The van der Waals surface area contributed by atoms with Crippen LogP contribution in [0.1, 0.15) is 12.0 Å². The number of benzene rings is 1. The lowest BCUT2D eigenvalue weighted by atomic mass is 10.1. The lowest BCUT2D eigenvalue weighted by Crippen LogP contribution is -2.16. The minimum Gasteiger partial charge on any atom is -0.495 e. The van der Waals surface area contributed by atoms with E-state index in [0.717, 1.165) is 7.11 Å². The monoisotopic (exact) mass is 295 g/mol.